The van der Waals surface area contributed by atoms with E-state index in [1.54, 1.807) is 6.07 Å². The van der Waals surface area contributed by atoms with Gasteiger partial charge in [-0.25, -0.2) is 8.78 Å². The number of Topliss-reactive ketones (excluding diaryl/α,β-unsaturated/α-hetero) is 1. The van der Waals surface area contributed by atoms with Gasteiger partial charge in [0.2, 0.25) is 0 Å². The van der Waals surface area contributed by atoms with Gasteiger partial charge in [-0.05, 0) is 12.1 Å². The number of anilines is 1. The zero-order valence-corrected chi connectivity index (χ0v) is 7.05. The number of benzene rings is 1. The molecule has 1 aromatic rings. The third-order valence-electron chi connectivity index (χ3n) is 1.69. The summed E-state index contributed by atoms with van der Waals surface area (Å²) in [7, 11) is 0. The molecule has 0 aromatic heterocycles. The summed E-state index contributed by atoms with van der Waals surface area (Å²) in [6.07, 6.45) is 0. The molecule has 2 N–H and O–H groups in total. The van der Waals surface area contributed by atoms with E-state index in [9.17, 15) is 13.6 Å². The average Bonchev–Trinajstić information content (AvgIpc) is 2.20. The van der Waals surface area contributed by atoms with Crippen molar-refractivity contribution in [3.8, 4) is 6.07 Å². The molecule has 0 amide bonds. The van der Waals surface area contributed by atoms with Crippen LogP contribution in [0.2, 0.25) is 0 Å². The van der Waals surface area contributed by atoms with Crippen molar-refractivity contribution in [1.29, 1.82) is 5.26 Å². The first kappa shape index (κ1) is 10.1. The lowest BCUT2D eigenvalue weighted by Crippen LogP contribution is -2.05. The molecule has 0 atom stereocenters. The molecule has 0 spiro atoms. The summed E-state index contributed by atoms with van der Waals surface area (Å²) >= 11 is 0. The minimum atomic E-state index is -1.23. The molecule has 0 aliphatic heterocycles. The predicted octanol–water partition coefficient (Wildman–Crippen LogP) is 1.43. The number of nitriles is 1. The van der Waals surface area contributed by atoms with Crippen molar-refractivity contribution < 1.29 is 13.6 Å². The van der Waals surface area contributed by atoms with Gasteiger partial charge in [0.1, 0.15) is 11.9 Å². The Hall–Kier alpha value is -1.96. The van der Waals surface area contributed by atoms with Gasteiger partial charge in [0, 0.05) is 5.56 Å². The maximum absolute atomic E-state index is 13.0. The van der Waals surface area contributed by atoms with Crippen molar-refractivity contribution in [1.82, 2.24) is 0 Å². The standard InChI is InChI=1S/C9H6F2N2O/c10-3-8(14)5-1-6(4-12)9(13)7(11)2-5/h1-2H,3,13H2. The zero-order valence-electron chi connectivity index (χ0n) is 7.05. The molecule has 3 nitrogen and oxygen atoms in total. The van der Waals surface area contributed by atoms with Gasteiger partial charge < -0.3 is 5.73 Å². The molecule has 0 aliphatic carbocycles. The van der Waals surface area contributed by atoms with Crippen LogP contribution in [-0.4, -0.2) is 12.5 Å². The van der Waals surface area contributed by atoms with Crippen LogP contribution in [-0.2, 0) is 0 Å². The van der Waals surface area contributed by atoms with E-state index in [0.29, 0.717) is 0 Å². The van der Waals surface area contributed by atoms with E-state index in [0.717, 1.165) is 12.1 Å². The van der Waals surface area contributed by atoms with Crippen molar-refractivity contribution in [2.45, 2.75) is 0 Å². The molecule has 0 aliphatic rings. The number of hydrogen-bond acceptors (Lipinski definition) is 3. The summed E-state index contributed by atoms with van der Waals surface area (Å²) in [5.41, 5.74) is 4.52. The van der Waals surface area contributed by atoms with Crippen molar-refractivity contribution in [2.75, 3.05) is 12.4 Å². The summed E-state index contributed by atoms with van der Waals surface area (Å²) < 4.78 is 24.9. The first-order chi connectivity index (χ1) is 6.60. The van der Waals surface area contributed by atoms with Crippen LogP contribution in [0.1, 0.15) is 15.9 Å². The van der Waals surface area contributed by atoms with Crippen molar-refractivity contribution in [3.63, 3.8) is 0 Å². The first-order valence-corrected chi connectivity index (χ1v) is 3.68. The lowest BCUT2D eigenvalue weighted by atomic mass is 10.1. The van der Waals surface area contributed by atoms with Crippen molar-refractivity contribution >= 4 is 11.5 Å². The van der Waals surface area contributed by atoms with Gasteiger partial charge in [-0.3, -0.25) is 4.79 Å². The van der Waals surface area contributed by atoms with Gasteiger partial charge in [0.25, 0.3) is 0 Å². The molecular formula is C9H6F2N2O. The number of nitrogens with zero attached hydrogens (tertiary/aromatic N) is 1. The largest absolute Gasteiger partial charge is 0.395 e. The molecule has 5 heteroatoms. The van der Waals surface area contributed by atoms with Crippen LogP contribution in [0.3, 0.4) is 0 Å². The molecule has 1 aromatic carbocycles. The summed E-state index contributed by atoms with van der Waals surface area (Å²) in [5, 5.41) is 8.52. The van der Waals surface area contributed by atoms with E-state index in [4.69, 9.17) is 11.0 Å². The number of nitrogens with two attached hydrogens (primary N) is 1. The van der Waals surface area contributed by atoms with Crippen LogP contribution < -0.4 is 5.73 Å². The highest BCUT2D eigenvalue weighted by Gasteiger charge is 2.12. The van der Waals surface area contributed by atoms with E-state index < -0.39 is 18.3 Å². The van der Waals surface area contributed by atoms with Gasteiger partial charge in [-0.15, -0.1) is 0 Å². The monoisotopic (exact) mass is 196 g/mol. The van der Waals surface area contributed by atoms with E-state index in [2.05, 4.69) is 0 Å². The van der Waals surface area contributed by atoms with Gasteiger partial charge in [-0.1, -0.05) is 0 Å². The molecule has 0 heterocycles. The molecule has 1 rings (SSSR count). The Morgan fingerprint density at radius 1 is 1.57 bits per heavy atom. The number of carbonyl (C=O) groups is 1. The van der Waals surface area contributed by atoms with Crippen LogP contribution in [0.4, 0.5) is 14.5 Å². The molecule has 0 saturated heterocycles. The highest BCUT2D eigenvalue weighted by atomic mass is 19.1. The predicted molar refractivity (Wildman–Crippen MR) is 45.8 cm³/mol. The van der Waals surface area contributed by atoms with Crippen molar-refractivity contribution in [2.24, 2.45) is 0 Å². The topological polar surface area (TPSA) is 66.9 Å². The van der Waals surface area contributed by atoms with Crippen LogP contribution in [0, 0.1) is 17.1 Å². The van der Waals surface area contributed by atoms with Gasteiger partial charge in [-0.2, -0.15) is 5.26 Å². The maximum Gasteiger partial charge on any atom is 0.193 e. The minimum Gasteiger partial charge on any atom is -0.395 e. The maximum atomic E-state index is 13.0. The molecule has 0 saturated carbocycles. The summed E-state index contributed by atoms with van der Waals surface area (Å²) in [4.78, 5) is 10.9. The highest BCUT2D eigenvalue weighted by Crippen LogP contribution is 2.18. The Kier molecular flexibility index (Phi) is 2.77. The number of rotatable bonds is 2. The second-order valence-corrected chi connectivity index (χ2v) is 2.59. The number of alkyl halides is 1. The zero-order chi connectivity index (χ0) is 10.7. The third kappa shape index (κ3) is 1.69. The fraction of sp³-hybridized carbons (Fsp3) is 0.111. The SMILES string of the molecule is N#Cc1cc(C(=O)CF)cc(F)c1N. The molecule has 0 fully saturated rings. The molecule has 14 heavy (non-hydrogen) atoms. The molecule has 72 valence electrons. The quantitative estimate of drug-likeness (QED) is 0.574. The number of nitrogen functional groups attached to an aromatic ring is 1. The smallest absolute Gasteiger partial charge is 0.193 e. The molecule has 0 bridgehead atoms. The number of ketones is 1. The number of hydrogen-bond donors (Lipinski definition) is 1. The lowest BCUT2D eigenvalue weighted by Gasteiger charge is -2.02. The molecular weight excluding hydrogens is 190 g/mol. The Bertz CT molecular complexity index is 424. The van der Waals surface area contributed by atoms with Gasteiger partial charge >= 0.3 is 0 Å². The van der Waals surface area contributed by atoms with Crippen LogP contribution in [0.15, 0.2) is 12.1 Å². The van der Waals surface area contributed by atoms with Crippen LogP contribution in [0.25, 0.3) is 0 Å². The average molecular weight is 196 g/mol. The van der Waals surface area contributed by atoms with Crippen molar-refractivity contribution in [3.05, 3.63) is 29.1 Å². The Morgan fingerprint density at radius 2 is 2.21 bits per heavy atom. The minimum absolute atomic E-state index is 0.165. The fourth-order valence-corrected chi connectivity index (χ4v) is 0.948. The lowest BCUT2D eigenvalue weighted by molar-refractivity contribution is 0.0958. The van der Waals surface area contributed by atoms with E-state index >= 15 is 0 Å². The number of carbonyl (C=O) groups excluding carboxylic acids is 1. The Morgan fingerprint density at radius 3 is 2.71 bits per heavy atom. The Labute approximate surface area is 78.8 Å². The molecule has 0 unspecified atom stereocenters. The van der Waals surface area contributed by atoms with Crippen LogP contribution >= 0.6 is 0 Å². The summed E-state index contributed by atoms with van der Waals surface area (Å²) in [6, 6.07) is 3.50. The summed E-state index contributed by atoms with van der Waals surface area (Å²) in [5.74, 6) is -1.76. The van der Waals surface area contributed by atoms with Crippen LogP contribution in [0.5, 0.6) is 0 Å². The fourth-order valence-electron chi connectivity index (χ4n) is 0.948. The Balaban J connectivity index is 3.32. The van der Waals surface area contributed by atoms with E-state index in [1.165, 1.54) is 0 Å². The second kappa shape index (κ2) is 3.83. The number of halogens is 2. The normalized spacial score (nSPS) is 9.50. The third-order valence-corrected chi connectivity index (χ3v) is 1.69. The van der Waals surface area contributed by atoms with E-state index in [1.807, 2.05) is 0 Å². The van der Waals surface area contributed by atoms with Gasteiger partial charge in [0.05, 0.1) is 11.3 Å². The summed E-state index contributed by atoms with van der Waals surface area (Å²) in [6.45, 7) is -1.23. The molecule has 0 radical (unpaired) electrons. The van der Waals surface area contributed by atoms with Gasteiger partial charge in [0.15, 0.2) is 12.5 Å². The highest BCUT2D eigenvalue weighted by molar-refractivity contribution is 5.97. The first-order valence-electron chi connectivity index (χ1n) is 3.68. The second-order valence-electron chi connectivity index (χ2n) is 2.59. The van der Waals surface area contributed by atoms with E-state index in [-0.39, 0.29) is 16.8 Å².